The van der Waals surface area contributed by atoms with Gasteiger partial charge in [-0.2, -0.15) is 0 Å². The Balaban J connectivity index is 2.97. The van der Waals surface area contributed by atoms with Crippen molar-refractivity contribution in [1.29, 1.82) is 0 Å². The van der Waals surface area contributed by atoms with Crippen molar-refractivity contribution in [2.24, 2.45) is 0 Å². The molecule has 0 aliphatic heterocycles. The highest BCUT2D eigenvalue weighted by Gasteiger charge is 2.23. The summed E-state index contributed by atoms with van der Waals surface area (Å²) in [6.07, 6.45) is 2.85. The number of alkyl halides is 3. The molecule has 1 rings (SSSR count). The van der Waals surface area contributed by atoms with Gasteiger partial charge in [0.25, 0.3) is 0 Å². The van der Waals surface area contributed by atoms with Crippen LogP contribution < -0.4 is 0 Å². The molecule has 0 N–H and O–H groups in total. The molecule has 0 aliphatic rings. The Morgan fingerprint density at radius 3 is 2.30 bits per heavy atom. The zero-order valence-corrected chi connectivity index (χ0v) is 7.03. The average Bonchev–Trinajstić information content (AvgIpc) is 1.88. The van der Waals surface area contributed by atoms with Crippen molar-refractivity contribution >= 4 is 34.8 Å². The minimum absolute atomic E-state index is 0.382. The van der Waals surface area contributed by atoms with Crippen molar-refractivity contribution in [2.45, 2.75) is 3.79 Å². The van der Waals surface area contributed by atoms with Crippen LogP contribution in [0.2, 0.25) is 0 Å². The summed E-state index contributed by atoms with van der Waals surface area (Å²) in [5.41, 5.74) is 0.382. The van der Waals surface area contributed by atoms with Crippen LogP contribution in [0.5, 0.6) is 0 Å². The molecule has 1 aromatic heterocycles. The fraction of sp³-hybridized carbons (Fsp3) is 0.200. The van der Waals surface area contributed by atoms with Crippen LogP contribution in [-0.2, 0) is 3.79 Å². The molecule has 10 heavy (non-hydrogen) atoms. The Bertz CT molecular complexity index is 206. The first-order valence-electron chi connectivity index (χ1n) is 2.44. The molecule has 54 valence electrons. The number of hydrogen-bond acceptors (Lipinski definition) is 2. The van der Waals surface area contributed by atoms with Gasteiger partial charge in [0.2, 0.25) is 3.79 Å². The fourth-order valence-electron chi connectivity index (χ4n) is 0.458. The Morgan fingerprint density at radius 2 is 2.00 bits per heavy atom. The van der Waals surface area contributed by atoms with E-state index in [9.17, 15) is 0 Å². The van der Waals surface area contributed by atoms with Crippen molar-refractivity contribution in [3.63, 3.8) is 0 Å². The standard InChI is InChI=1S/C5H3Cl3N2/c6-5(7,8)4-1-2-9-3-10-4/h1-3H. The predicted octanol–water partition coefficient (Wildman–Crippen LogP) is 2.30. The van der Waals surface area contributed by atoms with E-state index in [4.69, 9.17) is 34.8 Å². The largest absolute Gasteiger partial charge is 0.245 e. The van der Waals surface area contributed by atoms with E-state index in [1.807, 2.05) is 0 Å². The van der Waals surface area contributed by atoms with E-state index in [1.54, 1.807) is 6.07 Å². The van der Waals surface area contributed by atoms with Crippen LogP contribution in [-0.4, -0.2) is 9.97 Å². The molecule has 0 saturated carbocycles. The summed E-state index contributed by atoms with van der Waals surface area (Å²) in [6.45, 7) is 0. The molecule has 5 heteroatoms. The second-order valence-corrected chi connectivity index (χ2v) is 3.87. The van der Waals surface area contributed by atoms with Crippen LogP contribution in [0.3, 0.4) is 0 Å². The molecule has 0 fully saturated rings. The lowest BCUT2D eigenvalue weighted by molar-refractivity contribution is 1.03. The highest BCUT2D eigenvalue weighted by atomic mass is 35.6. The Hall–Kier alpha value is -0.0500. The number of aromatic nitrogens is 2. The quantitative estimate of drug-likeness (QED) is 0.597. The monoisotopic (exact) mass is 196 g/mol. The summed E-state index contributed by atoms with van der Waals surface area (Å²) in [4.78, 5) is 7.41. The first-order chi connectivity index (χ1) is 4.61. The average molecular weight is 197 g/mol. The molecule has 0 saturated heterocycles. The summed E-state index contributed by atoms with van der Waals surface area (Å²) in [7, 11) is 0. The Morgan fingerprint density at radius 1 is 1.30 bits per heavy atom. The van der Waals surface area contributed by atoms with Gasteiger partial charge in [0, 0.05) is 6.20 Å². The maximum absolute atomic E-state index is 5.50. The van der Waals surface area contributed by atoms with Gasteiger partial charge in [-0.05, 0) is 6.07 Å². The molecule has 2 nitrogen and oxygen atoms in total. The fourth-order valence-corrected chi connectivity index (χ4v) is 0.794. The molecule has 0 aromatic carbocycles. The summed E-state index contributed by atoms with van der Waals surface area (Å²) in [6, 6.07) is 1.55. The van der Waals surface area contributed by atoms with Gasteiger partial charge in [-0.1, -0.05) is 34.8 Å². The number of rotatable bonds is 0. The summed E-state index contributed by atoms with van der Waals surface area (Å²) in [5, 5.41) is 0. The highest BCUT2D eigenvalue weighted by molar-refractivity contribution is 6.66. The molecule has 0 bridgehead atoms. The molecular formula is C5H3Cl3N2. The van der Waals surface area contributed by atoms with Gasteiger partial charge in [-0.3, -0.25) is 0 Å². The van der Waals surface area contributed by atoms with E-state index in [0.717, 1.165) is 0 Å². The zero-order chi connectivity index (χ0) is 7.61. The van der Waals surface area contributed by atoms with Crippen molar-refractivity contribution < 1.29 is 0 Å². The van der Waals surface area contributed by atoms with Crippen LogP contribution in [0.1, 0.15) is 5.69 Å². The molecule has 0 radical (unpaired) electrons. The van der Waals surface area contributed by atoms with Crippen LogP contribution in [0, 0.1) is 0 Å². The van der Waals surface area contributed by atoms with Crippen molar-refractivity contribution in [3.8, 4) is 0 Å². The molecule has 1 heterocycles. The first kappa shape index (κ1) is 8.05. The normalized spacial score (nSPS) is 11.5. The Labute approximate surface area is 73.1 Å². The van der Waals surface area contributed by atoms with Crippen molar-refractivity contribution in [3.05, 3.63) is 24.3 Å². The van der Waals surface area contributed by atoms with Gasteiger partial charge in [0.15, 0.2) is 0 Å². The third-order valence-electron chi connectivity index (χ3n) is 0.872. The van der Waals surface area contributed by atoms with E-state index < -0.39 is 3.79 Å². The van der Waals surface area contributed by atoms with Crippen LogP contribution in [0.25, 0.3) is 0 Å². The second-order valence-electron chi connectivity index (χ2n) is 1.59. The van der Waals surface area contributed by atoms with Gasteiger partial charge in [0.05, 0.1) is 5.69 Å². The first-order valence-corrected chi connectivity index (χ1v) is 3.57. The van der Waals surface area contributed by atoms with E-state index in [0.29, 0.717) is 5.69 Å². The molecule has 0 amide bonds. The molecule has 0 spiro atoms. The molecule has 0 unspecified atom stereocenters. The topological polar surface area (TPSA) is 25.8 Å². The third-order valence-corrected chi connectivity index (χ3v) is 1.45. The molecular weight excluding hydrogens is 194 g/mol. The van der Waals surface area contributed by atoms with Gasteiger partial charge in [-0.25, -0.2) is 9.97 Å². The van der Waals surface area contributed by atoms with Crippen LogP contribution >= 0.6 is 34.8 Å². The lowest BCUT2D eigenvalue weighted by atomic mass is 10.4. The van der Waals surface area contributed by atoms with Crippen LogP contribution in [0.15, 0.2) is 18.6 Å². The smallest absolute Gasteiger partial charge is 0.232 e. The third kappa shape index (κ3) is 1.97. The lowest BCUT2D eigenvalue weighted by Crippen LogP contribution is -2.02. The number of halogens is 3. The van der Waals surface area contributed by atoms with Gasteiger partial charge < -0.3 is 0 Å². The van der Waals surface area contributed by atoms with Gasteiger partial charge >= 0.3 is 0 Å². The van der Waals surface area contributed by atoms with Gasteiger partial charge in [-0.15, -0.1) is 0 Å². The van der Waals surface area contributed by atoms with Gasteiger partial charge in [0.1, 0.15) is 6.33 Å². The molecule has 0 atom stereocenters. The maximum atomic E-state index is 5.50. The molecule has 0 aliphatic carbocycles. The number of nitrogens with zero attached hydrogens (tertiary/aromatic N) is 2. The minimum atomic E-state index is -1.44. The van der Waals surface area contributed by atoms with Crippen molar-refractivity contribution in [2.75, 3.05) is 0 Å². The van der Waals surface area contributed by atoms with E-state index in [-0.39, 0.29) is 0 Å². The van der Waals surface area contributed by atoms with Crippen LogP contribution in [0.4, 0.5) is 0 Å². The summed E-state index contributed by atoms with van der Waals surface area (Å²) < 4.78 is -1.44. The highest BCUT2D eigenvalue weighted by Crippen LogP contribution is 2.36. The molecule has 1 aromatic rings. The number of hydrogen-bond donors (Lipinski definition) is 0. The van der Waals surface area contributed by atoms with E-state index >= 15 is 0 Å². The van der Waals surface area contributed by atoms with E-state index in [1.165, 1.54) is 12.5 Å². The SMILES string of the molecule is ClC(Cl)(Cl)c1ccncn1. The van der Waals surface area contributed by atoms with E-state index in [2.05, 4.69) is 9.97 Å². The Kier molecular flexibility index (Phi) is 2.34. The minimum Gasteiger partial charge on any atom is -0.245 e. The lowest BCUT2D eigenvalue weighted by Gasteiger charge is -2.07. The second kappa shape index (κ2) is 2.91. The summed E-state index contributed by atoms with van der Waals surface area (Å²) >= 11 is 16.5. The predicted molar refractivity (Wildman–Crippen MR) is 41.3 cm³/mol. The van der Waals surface area contributed by atoms with Crippen molar-refractivity contribution in [1.82, 2.24) is 9.97 Å². The summed E-state index contributed by atoms with van der Waals surface area (Å²) in [5.74, 6) is 0. The zero-order valence-electron chi connectivity index (χ0n) is 4.76. The maximum Gasteiger partial charge on any atom is 0.232 e.